The SMILES string of the molecule is O[C@H](/C=C/c1cccs1)c1cccs1. The second-order valence-corrected chi connectivity index (χ2v) is 4.79. The van der Waals surface area contributed by atoms with Gasteiger partial charge in [0.2, 0.25) is 0 Å². The molecule has 3 heteroatoms. The summed E-state index contributed by atoms with van der Waals surface area (Å²) in [6.45, 7) is 0. The van der Waals surface area contributed by atoms with Gasteiger partial charge in [-0.2, -0.15) is 0 Å². The van der Waals surface area contributed by atoms with Crippen molar-refractivity contribution in [2.75, 3.05) is 0 Å². The molecule has 72 valence electrons. The van der Waals surface area contributed by atoms with E-state index in [-0.39, 0.29) is 0 Å². The van der Waals surface area contributed by atoms with Crippen molar-refractivity contribution in [1.29, 1.82) is 0 Å². The van der Waals surface area contributed by atoms with E-state index in [4.69, 9.17) is 0 Å². The summed E-state index contributed by atoms with van der Waals surface area (Å²) in [6.07, 6.45) is 3.30. The molecule has 0 amide bonds. The molecule has 0 unspecified atom stereocenters. The average molecular weight is 222 g/mol. The van der Waals surface area contributed by atoms with Crippen LogP contribution in [0.3, 0.4) is 0 Å². The second-order valence-electron chi connectivity index (χ2n) is 2.83. The molecule has 2 aromatic rings. The largest absolute Gasteiger partial charge is 0.383 e. The topological polar surface area (TPSA) is 20.2 Å². The van der Waals surface area contributed by atoms with Crippen LogP contribution in [-0.2, 0) is 0 Å². The molecule has 1 nitrogen and oxygen atoms in total. The summed E-state index contributed by atoms with van der Waals surface area (Å²) in [5, 5.41) is 13.7. The van der Waals surface area contributed by atoms with Gasteiger partial charge in [-0.3, -0.25) is 0 Å². The van der Waals surface area contributed by atoms with Crippen LogP contribution in [0.5, 0.6) is 0 Å². The lowest BCUT2D eigenvalue weighted by atomic mass is 10.2. The predicted octanol–water partition coefficient (Wildman–Crippen LogP) is 3.56. The highest BCUT2D eigenvalue weighted by Gasteiger charge is 2.02. The lowest BCUT2D eigenvalue weighted by Gasteiger charge is -1.99. The van der Waals surface area contributed by atoms with Crippen molar-refractivity contribution < 1.29 is 5.11 Å². The first-order chi connectivity index (χ1) is 6.86. The minimum atomic E-state index is -0.475. The Labute approximate surface area is 91.0 Å². The maximum Gasteiger partial charge on any atom is 0.107 e. The molecule has 0 aliphatic carbocycles. The molecule has 2 rings (SSSR count). The maximum absolute atomic E-state index is 9.74. The van der Waals surface area contributed by atoms with Crippen LogP contribution in [0, 0.1) is 0 Å². The molecule has 0 aliphatic heterocycles. The van der Waals surface area contributed by atoms with Gasteiger partial charge in [-0.1, -0.05) is 12.1 Å². The number of thiophene rings is 2. The fourth-order valence-corrected chi connectivity index (χ4v) is 2.44. The molecule has 0 saturated carbocycles. The molecule has 0 aliphatic rings. The number of aliphatic hydroxyl groups excluding tert-OH is 1. The number of rotatable bonds is 3. The monoisotopic (exact) mass is 222 g/mol. The quantitative estimate of drug-likeness (QED) is 0.842. The summed E-state index contributed by atoms with van der Waals surface area (Å²) in [6, 6.07) is 7.92. The van der Waals surface area contributed by atoms with Crippen molar-refractivity contribution in [3.05, 3.63) is 50.9 Å². The van der Waals surface area contributed by atoms with E-state index in [2.05, 4.69) is 0 Å². The average Bonchev–Trinajstić information content (AvgIpc) is 2.87. The highest BCUT2D eigenvalue weighted by Crippen LogP contribution is 2.21. The first kappa shape index (κ1) is 9.65. The van der Waals surface area contributed by atoms with E-state index in [1.54, 1.807) is 22.7 Å². The molecular formula is C11H10OS2. The zero-order valence-electron chi connectivity index (χ0n) is 7.46. The van der Waals surface area contributed by atoms with Gasteiger partial charge in [0, 0.05) is 9.75 Å². The number of hydrogen-bond donors (Lipinski definition) is 1. The summed E-state index contributed by atoms with van der Waals surface area (Å²) < 4.78 is 0. The minimum absolute atomic E-state index is 0.475. The van der Waals surface area contributed by atoms with Crippen molar-refractivity contribution in [2.24, 2.45) is 0 Å². The third kappa shape index (κ3) is 2.32. The molecule has 2 heterocycles. The van der Waals surface area contributed by atoms with Crippen LogP contribution in [0.2, 0.25) is 0 Å². The number of hydrogen-bond acceptors (Lipinski definition) is 3. The third-order valence-electron chi connectivity index (χ3n) is 1.82. The third-order valence-corrected chi connectivity index (χ3v) is 3.60. The van der Waals surface area contributed by atoms with Crippen LogP contribution < -0.4 is 0 Å². The van der Waals surface area contributed by atoms with Crippen molar-refractivity contribution in [3.8, 4) is 0 Å². The molecule has 14 heavy (non-hydrogen) atoms. The van der Waals surface area contributed by atoms with Gasteiger partial charge in [0.15, 0.2) is 0 Å². The van der Waals surface area contributed by atoms with Crippen molar-refractivity contribution in [1.82, 2.24) is 0 Å². The molecule has 0 fully saturated rings. The standard InChI is InChI=1S/C11H10OS2/c12-10(11-4-2-8-14-11)6-5-9-3-1-7-13-9/h1-8,10,12H/b6-5+/t10-/m1/s1. The van der Waals surface area contributed by atoms with Crippen LogP contribution in [-0.4, -0.2) is 5.11 Å². The van der Waals surface area contributed by atoms with Gasteiger partial charge < -0.3 is 5.11 Å². The van der Waals surface area contributed by atoms with E-state index >= 15 is 0 Å². The van der Waals surface area contributed by atoms with Crippen LogP contribution >= 0.6 is 22.7 Å². The van der Waals surface area contributed by atoms with E-state index in [0.717, 1.165) is 4.88 Å². The first-order valence-corrected chi connectivity index (χ1v) is 6.05. The Kier molecular flexibility index (Phi) is 3.14. The smallest absolute Gasteiger partial charge is 0.107 e. The molecule has 0 spiro atoms. The van der Waals surface area contributed by atoms with Gasteiger partial charge in [0.25, 0.3) is 0 Å². The van der Waals surface area contributed by atoms with Crippen LogP contribution in [0.15, 0.2) is 41.1 Å². The zero-order valence-corrected chi connectivity index (χ0v) is 9.09. The highest BCUT2D eigenvalue weighted by atomic mass is 32.1. The predicted molar refractivity (Wildman–Crippen MR) is 62.6 cm³/mol. The van der Waals surface area contributed by atoms with E-state index in [1.807, 2.05) is 47.2 Å². The Hall–Kier alpha value is -0.900. The van der Waals surface area contributed by atoms with E-state index in [9.17, 15) is 5.11 Å². The summed E-state index contributed by atoms with van der Waals surface area (Å²) in [5.41, 5.74) is 0. The molecule has 0 radical (unpaired) electrons. The molecule has 0 saturated heterocycles. The minimum Gasteiger partial charge on any atom is -0.383 e. The Morgan fingerprint density at radius 3 is 2.57 bits per heavy atom. The maximum atomic E-state index is 9.74. The fraction of sp³-hybridized carbons (Fsp3) is 0.0909. The van der Waals surface area contributed by atoms with Gasteiger partial charge >= 0.3 is 0 Å². The molecule has 2 aromatic heterocycles. The Morgan fingerprint density at radius 2 is 1.93 bits per heavy atom. The normalized spacial score (nSPS) is 13.5. The Morgan fingerprint density at radius 1 is 1.14 bits per heavy atom. The van der Waals surface area contributed by atoms with Crippen molar-refractivity contribution >= 4 is 28.7 Å². The summed E-state index contributed by atoms with van der Waals surface area (Å²) in [7, 11) is 0. The van der Waals surface area contributed by atoms with E-state index < -0.39 is 6.10 Å². The van der Waals surface area contributed by atoms with E-state index in [1.165, 1.54) is 4.88 Å². The van der Waals surface area contributed by atoms with Gasteiger partial charge in [-0.15, -0.1) is 22.7 Å². The number of aliphatic hydroxyl groups is 1. The highest BCUT2D eigenvalue weighted by molar-refractivity contribution is 7.11. The Balaban J connectivity index is 2.05. The zero-order chi connectivity index (χ0) is 9.80. The summed E-state index contributed by atoms with van der Waals surface area (Å²) in [4.78, 5) is 2.15. The lowest BCUT2D eigenvalue weighted by Crippen LogP contribution is -1.87. The van der Waals surface area contributed by atoms with Crippen LogP contribution in [0.4, 0.5) is 0 Å². The Bertz CT molecular complexity index is 387. The summed E-state index contributed by atoms with van der Waals surface area (Å²) >= 11 is 3.24. The molecule has 0 aromatic carbocycles. The van der Waals surface area contributed by atoms with Crippen molar-refractivity contribution in [3.63, 3.8) is 0 Å². The molecule has 1 N–H and O–H groups in total. The van der Waals surface area contributed by atoms with Gasteiger partial charge in [-0.05, 0) is 35.0 Å². The van der Waals surface area contributed by atoms with Crippen LogP contribution in [0.25, 0.3) is 6.08 Å². The van der Waals surface area contributed by atoms with Gasteiger partial charge in [0.1, 0.15) is 6.10 Å². The van der Waals surface area contributed by atoms with Gasteiger partial charge in [0.05, 0.1) is 0 Å². The fourth-order valence-electron chi connectivity index (χ4n) is 1.13. The molecule has 1 atom stereocenters. The van der Waals surface area contributed by atoms with Crippen molar-refractivity contribution in [2.45, 2.75) is 6.10 Å². The van der Waals surface area contributed by atoms with E-state index in [0.29, 0.717) is 0 Å². The second kappa shape index (κ2) is 4.55. The first-order valence-electron chi connectivity index (χ1n) is 4.29. The lowest BCUT2D eigenvalue weighted by molar-refractivity contribution is 0.233. The van der Waals surface area contributed by atoms with Gasteiger partial charge in [-0.25, -0.2) is 0 Å². The molecular weight excluding hydrogens is 212 g/mol. The molecule has 0 bridgehead atoms. The van der Waals surface area contributed by atoms with Crippen LogP contribution in [0.1, 0.15) is 15.9 Å². The summed E-state index contributed by atoms with van der Waals surface area (Å²) in [5.74, 6) is 0.